The first-order chi connectivity index (χ1) is 14.8. The average Bonchev–Trinajstić information content (AvgIpc) is 3.24. The van der Waals surface area contributed by atoms with Gasteiger partial charge in [-0.3, -0.25) is 14.4 Å². The highest BCUT2D eigenvalue weighted by molar-refractivity contribution is 5.94. The fourth-order valence-electron chi connectivity index (χ4n) is 5.10. The fourth-order valence-corrected chi connectivity index (χ4v) is 5.10. The average molecular weight is 428 g/mol. The van der Waals surface area contributed by atoms with E-state index in [2.05, 4.69) is 5.32 Å². The zero-order chi connectivity index (χ0) is 22.5. The predicted molar refractivity (Wildman–Crippen MR) is 118 cm³/mol. The Labute approximate surface area is 184 Å². The van der Waals surface area contributed by atoms with Gasteiger partial charge >= 0.3 is 0 Å². The molecule has 1 spiro atoms. The van der Waals surface area contributed by atoms with Crippen LogP contribution in [0.25, 0.3) is 0 Å². The van der Waals surface area contributed by atoms with Crippen molar-refractivity contribution in [2.24, 2.45) is 5.41 Å². The molecule has 7 nitrogen and oxygen atoms in total. The molecule has 7 heteroatoms. The number of hydrogen-bond donors (Lipinski definition) is 2. The summed E-state index contributed by atoms with van der Waals surface area (Å²) in [7, 11) is 1.56. The number of aliphatic hydroxyl groups is 1. The SMILES string of the molecule is CNC(=O)/C(=C/N(CC1(O)CCN(C=O)CC12CCCC2)C(C)=O)Cc1ccccc1. The van der Waals surface area contributed by atoms with E-state index in [1.807, 2.05) is 30.3 Å². The summed E-state index contributed by atoms with van der Waals surface area (Å²) in [4.78, 5) is 39.7. The molecule has 2 N–H and O–H groups in total. The van der Waals surface area contributed by atoms with Crippen molar-refractivity contribution in [3.63, 3.8) is 0 Å². The van der Waals surface area contributed by atoms with Crippen LogP contribution in [0.15, 0.2) is 42.1 Å². The second-order valence-corrected chi connectivity index (χ2v) is 8.89. The Hall–Kier alpha value is -2.67. The number of likely N-dealkylation sites (tertiary alicyclic amines) is 1. The Balaban J connectivity index is 1.90. The van der Waals surface area contributed by atoms with Crippen molar-refractivity contribution in [3.8, 4) is 0 Å². The van der Waals surface area contributed by atoms with Gasteiger partial charge in [-0.05, 0) is 24.8 Å². The molecule has 168 valence electrons. The van der Waals surface area contributed by atoms with Crippen LogP contribution in [0, 0.1) is 5.41 Å². The van der Waals surface area contributed by atoms with Crippen LogP contribution < -0.4 is 5.32 Å². The van der Waals surface area contributed by atoms with E-state index in [9.17, 15) is 19.5 Å². The van der Waals surface area contributed by atoms with Gasteiger partial charge < -0.3 is 20.2 Å². The molecule has 1 saturated heterocycles. The number of hydrogen-bond acceptors (Lipinski definition) is 4. The predicted octanol–water partition coefficient (Wildman–Crippen LogP) is 1.86. The lowest BCUT2D eigenvalue weighted by Gasteiger charge is -2.52. The Kier molecular flexibility index (Phi) is 7.15. The lowest BCUT2D eigenvalue weighted by Crippen LogP contribution is -2.62. The van der Waals surface area contributed by atoms with Crippen LogP contribution in [0.3, 0.4) is 0 Å². The quantitative estimate of drug-likeness (QED) is 0.513. The smallest absolute Gasteiger partial charge is 0.248 e. The summed E-state index contributed by atoms with van der Waals surface area (Å²) in [5.41, 5.74) is -0.101. The Morgan fingerprint density at radius 3 is 2.45 bits per heavy atom. The number of carbonyl (C=O) groups is 3. The van der Waals surface area contributed by atoms with Crippen LogP contribution in [0.2, 0.25) is 0 Å². The maximum atomic E-state index is 12.6. The van der Waals surface area contributed by atoms with E-state index in [1.165, 1.54) is 11.8 Å². The van der Waals surface area contributed by atoms with Gasteiger partial charge in [0.15, 0.2) is 0 Å². The minimum absolute atomic E-state index is 0.115. The molecule has 1 aliphatic carbocycles. The van der Waals surface area contributed by atoms with E-state index in [-0.39, 0.29) is 18.4 Å². The molecule has 3 amide bonds. The monoisotopic (exact) mass is 427 g/mol. The van der Waals surface area contributed by atoms with Crippen molar-refractivity contribution in [1.82, 2.24) is 15.1 Å². The third-order valence-electron chi connectivity index (χ3n) is 6.92. The first kappa shape index (κ1) is 23.0. The third-order valence-corrected chi connectivity index (χ3v) is 6.92. The van der Waals surface area contributed by atoms with Crippen molar-refractivity contribution < 1.29 is 19.5 Å². The Bertz CT molecular complexity index is 832. The number of piperidine rings is 1. The third kappa shape index (κ3) is 4.98. The molecule has 2 fully saturated rings. The molecular weight excluding hydrogens is 394 g/mol. The van der Waals surface area contributed by atoms with E-state index >= 15 is 0 Å². The summed E-state index contributed by atoms with van der Waals surface area (Å²) in [5, 5.41) is 14.4. The summed E-state index contributed by atoms with van der Waals surface area (Å²) in [6.07, 6.45) is 6.90. The van der Waals surface area contributed by atoms with Crippen LogP contribution in [0.5, 0.6) is 0 Å². The highest BCUT2D eigenvalue weighted by atomic mass is 16.3. The van der Waals surface area contributed by atoms with Crippen LogP contribution in [0.1, 0.15) is 44.6 Å². The van der Waals surface area contributed by atoms with Gasteiger partial charge in [0.25, 0.3) is 0 Å². The van der Waals surface area contributed by atoms with Gasteiger partial charge in [0, 0.05) is 50.7 Å². The van der Waals surface area contributed by atoms with Crippen molar-refractivity contribution >= 4 is 18.2 Å². The van der Waals surface area contributed by atoms with E-state index in [1.54, 1.807) is 18.1 Å². The van der Waals surface area contributed by atoms with Gasteiger partial charge in [-0.1, -0.05) is 43.2 Å². The van der Waals surface area contributed by atoms with Gasteiger partial charge in [-0.2, -0.15) is 0 Å². The van der Waals surface area contributed by atoms with E-state index < -0.39 is 11.0 Å². The molecule has 1 atom stereocenters. The van der Waals surface area contributed by atoms with Crippen LogP contribution >= 0.6 is 0 Å². The number of nitrogens with one attached hydrogen (secondary N) is 1. The van der Waals surface area contributed by atoms with Crippen LogP contribution in [0.4, 0.5) is 0 Å². The largest absolute Gasteiger partial charge is 0.387 e. The summed E-state index contributed by atoms with van der Waals surface area (Å²) in [5.74, 6) is -0.484. The maximum absolute atomic E-state index is 12.6. The van der Waals surface area contributed by atoms with Gasteiger partial charge in [0.1, 0.15) is 0 Å². The van der Waals surface area contributed by atoms with E-state index in [0.29, 0.717) is 31.5 Å². The highest BCUT2D eigenvalue weighted by Gasteiger charge is 2.55. The Morgan fingerprint density at radius 1 is 1.19 bits per heavy atom. The van der Waals surface area contributed by atoms with Crippen molar-refractivity contribution in [2.75, 3.05) is 26.7 Å². The standard InChI is InChI=1S/C24H33N3O4/c1-19(29)27(15-21(22(30)25-2)14-20-8-4-3-5-9-20)17-24(31)12-13-26(18-28)16-23(24)10-6-7-11-23/h3-5,8-9,15,18,31H,6-7,10-14,16-17H2,1-2H3,(H,25,30)/b21-15+. The molecule has 0 radical (unpaired) electrons. The van der Waals surface area contributed by atoms with Gasteiger partial charge in [-0.15, -0.1) is 0 Å². The number of amides is 3. The molecule has 3 rings (SSSR count). The van der Waals surface area contributed by atoms with Crippen LogP contribution in [-0.4, -0.2) is 65.4 Å². The molecule has 1 aliphatic heterocycles. The van der Waals surface area contributed by atoms with Gasteiger partial charge in [-0.25, -0.2) is 0 Å². The molecule has 0 aromatic heterocycles. The molecule has 1 aromatic carbocycles. The number of carbonyl (C=O) groups excluding carboxylic acids is 3. The first-order valence-electron chi connectivity index (χ1n) is 11.0. The van der Waals surface area contributed by atoms with E-state index in [4.69, 9.17) is 0 Å². The van der Waals surface area contributed by atoms with Crippen molar-refractivity contribution in [1.29, 1.82) is 0 Å². The summed E-state index contributed by atoms with van der Waals surface area (Å²) >= 11 is 0. The lowest BCUT2D eigenvalue weighted by atomic mass is 9.66. The van der Waals surface area contributed by atoms with Crippen LogP contribution in [-0.2, 0) is 20.8 Å². The number of nitrogens with zero attached hydrogens (tertiary/aromatic N) is 2. The fraction of sp³-hybridized carbons (Fsp3) is 0.542. The maximum Gasteiger partial charge on any atom is 0.248 e. The summed E-state index contributed by atoms with van der Waals surface area (Å²) < 4.78 is 0. The molecule has 1 aromatic rings. The molecule has 1 heterocycles. The molecule has 1 saturated carbocycles. The topological polar surface area (TPSA) is 90.0 Å². The zero-order valence-electron chi connectivity index (χ0n) is 18.5. The second kappa shape index (κ2) is 9.64. The minimum Gasteiger partial charge on any atom is -0.387 e. The summed E-state index contributed by atoms with van der Waals surface area (Å²) in [6.45, 7) is 2.54. The Morgan fingerprint density at radius 2 is 1.87 bits per heavy atom. The molecule has 1 unspecified atom stereocenters. The number of benzene rings is 1. The zero-order valence-corrected chi connectivity index (χ0v) is 18.5. The second-order valence-electron chi connectivity index (χ2n) is 8.89. The number of rotatable bonds is 7. The highest BCUT2D eigenvalue weighted by Crippen LogP contribution is 2.51. The molecule has 0 bridgehead atoms. The lowest BCUT2D eigenvalue weighted by molar-refractivity contribution is -0.157. The first-order valence-corrected chi connectivity index (χ1v) is 11.0. The van der Waals surface area contributed by atoms with Crippen molar-refractivity contribution in [2.45, 2.75) is 51.0 Å². The van der Waals surface area contributed by atoms with Crippen molar-refractivity contribution in [3.05, 3.63) is 47.7 Å². The molecule has 2 aliphatic rings. The molecular formula is C24H33N3O4. The normalized spacial score (nSPS) is 22.9. The number of likely N-dealkylation sites (N-methyl/N-ethyl adjacent to an activating group) is 1. The minimum atomic E-state index is -1.11. The summed E-state index contributed by atoms with van der Waals surface area (Å²) in [6, 6.07) is 9.60. The molecule has 31 heavy (non-hydrogen) atoms. The van der Waals surface area contributed by atoms with E-state index in [0.717, 1.165) is 37.7 Å². The van der Waals surface area contributed by atoms with Gasteiger partial charge in [0.05, 0.1) is 12.1 Å². The van der Waals surface area contributed by atoms with Gasteiger partial charge in [0.2, 0.25) is 18.2 Å².